The van der Waals surface area contributed by atoms with E-state index < -0.39 is 12.9 Å². The van der Waals surface area contributed by atoms with Crippen LogP contribution in [0.2, 0.25) is 6.04 Å². The molecule has 0 N–H and O–H groups in total. The molecule has 0 spiro atoms. The molecule has 0 aliphatic carbocycles. The van der Waals surface area contributed by atoms with Crippen LogP contribution in [0.1, 0.15) is 13.8 Å². The maximum Gasteiger partial charge on any atom is 0.392 e. The van der Waals surface area contributed by atoms with Gasteiger partial charge >= 0.3 is 12.9 Å². The highest BCUT2D eigenvalue weighted by Crippen LogP contribution is 2.21. The Balaban J connectivity index is 3.73. The predicted octanol–water partition coefficient (Wildman–Crippen LogP) is 2.56. The van der Waals surface area contributed by atoms with Crippen molar-refractivity contribution in [2.45, 2.75) is 19.9 Å². The van der Waals surface area contributed by atoms with E-state index in [1.54, 1.807) is 6.92 Å². The van der Waals surface area contributed by atoms with E-state index in [-0.39, 0.29) is 6.61 Å². The predicted molar refractivity (Wildman–Crippen MR) is 59.7 cm³/mol. The molecule has 0 aliphatic heterocycles. The first-order chi connectivity index (χ1) is 6.39. The minimum Gasteiger partial charge on any atom is -0.462 e. The van der Waals surface area contributed by atoms with Crippen molar-refractivity contribution in [3.63, 3.8) is 0 Å². The number of halogens is 2. The van der Waals surface area contributed by atoms with E-state index in [9.17, 15) is 4.79 Å². The van der Waals surface area contributed by atoms with Gasteiger partial charge in [-0.05, 0) is 13.8 Å². The first kappa shape index (κ1) is 14.0. The molecule has 0 fully saturated rings. The fraction of sp³-hybridized carbons (Fsp3) is 0.625. The average molecular weight is 257 g/mol. The van der Waals surface area contributed by atoms with Gasteiger partial charge in [-0.2, -0.15) is 0 Å². The second-order valence-electron chi connectivity index (χ2n) is 2.74. The number of ether oxygens (including phenoxy) is 1. The van der Waals surface area contributed by atoms with Crippen LogP contribution in [0.3, 0.4) is 0 Å². The van der Waals surface area contributed by atoms with E-state index in [4.69, 9.17) is 31.3 Å². The Morgan fingerprint density at radius 3 is 2.50 bits per heavy atom. The second-order valence-corrected chi connectivity index (χ2v) is 9.04. The normalized spacial score (nSPS) is 11.1. The monoisotopic (exact) mass is 256 g/mol. The summed E-state index contributed by atoms with van der Waals surface area (Å²) in [6.45, 7) is 4.81. The molecule has 6 heteroatoms. The summed E-state index contributed by atoms with van der Waals surface area (Å²) in [6, 6.07) is 0.364. The third-order valence-corrected chi connectivity index (χ3v) is 4.62. The van der Waals surface area contributed by atoms with Gasteiger partial charge in [0.25, 0.3) is 0 Å². The lowest BCUT2D eigenvalue weighted by Crippen LogP contribution is -2.26. The SMILES string of the molecule is C=C(C)C(=O)OCC[Si](Cl)(Cl)OCC. The van der Waals surface area contributed by atoms with Crippen molar-refractivity contribution in [3.8, 4) is 0 Å². The molecule has 0 aromatic heterocycles. The summed E-state index contributed by atoms with van der Waals surface area (Å²) in [7, 11) is 0. The Hall–Kier alpha value is -0.0331. The summed E-state index contributed by atoms with van der Waals surface area (Å²) < 4.78 is 9.96. The lowest BCUT2D eigenvalue weighted by atomic mass is 10.4. The smallest absolute Gasteiger partial charge is 0.392 e. The van der Waals surface area contributed by atoms with E-state index in [0.717, 1.165) is 0 Å². The van der Waals surface area contributed by atoms with Crippen molar-refractivity contribution in [2.24, 2.45) is 0 Å². The molecular weight excluding hydrogens is 243 g/mol. The second kappa shape index (κ2) is 6.45. The molecule has 0 saturated heterocycles. The van der Waals surface area contributed by atoms with E-state index >= 15 is 0 Å². The van der Waals surface area contributed by atoms with Gasteiger partial charge in [-0.3, -0.25) is 0 Å². The zero-order valence-electron chi connectivity index (χ0n) is 8.31. The molecule has 14 heavy (non-hydrogen) atoms. The molecule has 0 radical (unpaired) electrons. The van der Waals surface area contributed by atoms with Crippen molar-refractivity contribution in [1.82, 2.24) is 0 Å². The summed E-state index contributed by atoms with van der Waals surface area (Å²) >= 11 is 11.7. The van der Waals surface area contributed by atoms with E-state index in [1.807, 2.05) is 6.92 Å². The molecule has 0 aliphatic rings. The summed E-state index contributed by atoms with van der Waals surface area (Å²) in [6.07, 6.45) is 0. The Morgan fingerprint density at radius 2 is 2.07 bits per heavy atom. The third kappa shape index (κ3) is 6.43. The van der Waals surface area contributed by atoms with Gasteiger partial charge in [0, 0.05) is 18.2 Å². The summed E-state index contributed by atoms with van der Waals surface area (Å²) in [5.41, 5.74) is 0.359. The van der Waals surface area contributed by atoms with Crippen LogP contribution in [0, 0.1) is 0 Å². The van der Waals surface area contributed by atoms with E-state index in [2.05, 4.69) is 6.58 Å². The number of esters is 1. The number of hydrogen-bond acceptors (Lipinski definition) is 3. The van der Waals surface area contributed by atoms with Crippen molar-refractivity contribution < 1.29 is 14.0 Å². The minimum absolute atomic E-state index is 0.172. The molecule has 3 nitrogen and oxygen atoms in total. The molecule has 0 saturated carbocycles. The van der Waals surface area contributed by atoms with E-state index in [1.165, 1.54) is 0 Å². The van der Waals surface area contributed by atoms with Crippen molar-refractivity contribution in [3.05, 3.63) is 12.2 Å². The quantitative estimate of drug-likeness (QED) is 0.317. The van der Waals surface area contributed by atoms with Gasteiger partial charge in [-0.1, -0.05) is 6.58 Å². The largest absolute Gasteiger partial charge is 0.462 e. The zero-order valence-corrected chi connectivity index (χ0v) is 10.8. The van der Waals surface area contributed by atoms with Crippen LogP contribution in [0.4, 0.5) is 0 Å². The number of rotatable bonds is 6. The summed E-state index contributed by atoms with van der Waals surface area (Å²) in [4.78, 5) is 11.0. The van der Waals surface area contributed by atoms with Crippen LogP contribution in [0.25, 0.3) is 0 Å². The minimum atomic E-state index is -2.67. The molecule has 0 heterocycles. The third-order valence-electron chi connectivity index (χ3n) is 1.33. The molecule has 0 amide bonds. The van der Waals surface area contributed by atoms with Gasteiger partial charge in [0.2, 0.25) is 0 Å². The fourth-order valence-corrected chi connectivity index (χ4v) is 2.69. The Kier molecular flexibility index (Phi) is 6.44. The van der Waals surface area contributed by atoms with Crippen molar-refractivity contribution in [1.29, 1.82) is 0 Å². The fourth-order valence-electron chi connectivity index (χ4n) is 0.669. The van der Waals surface area contributed by atoms with Crippen LogP contribution in [0.15, 0.2) is 12.2 Å². The molecule has 0 rings (SSSR count). The molecule has 0 atom stereocenters. The maximum absolute atomic E-state index is 11.0. The van der Waals surface area contributed by atoms with Gasteiger partial charge < -0.3 is 9.16 Å². The van der Waals surface area contributed by atoms with Crippen LogP contribution >= 0.6 is 22.2 Å². The Morgan fingerprint density at radius 1 is 1.50 bits per heavy atom. The molecule has 0 aromatic carbocycles. The first-order valence-corrected chi connectivity index (χ1v) is 8.37. The highest BCUT2D eigenvalue weighted by Gasteiger charge is 2.30. The number of hydrogen-bond donors (Lipinski definition) is 0. The highest BCUT2D eigenvalue weighted by molar-refractivity contribution is 7.42. The topological polar surface area (TPSA) is 35.5 Å². The van der Waals surface area contributed by atoms with E-state index in [0.29, 0.717) is 18.2 Å². The Bertz CT molecular complexity index is 219. The maximum atomic E-state index is 11.0. The summed E-state index contributed by atoms with van der Waals surface area (Å²) in [5.74, 6) is -0.431. The van der Waals surface area contributed by atoms with Gasteiger partial charge in [-0.15, -0.1) is 22.2 Å². The lowest BCUT2D eigenvalue weighted by molar-refractivity contribution is -0.138. The van der Waals surface area contributed by atoms with Gasteiger partial charge in [0.15, 0.2) is 0 Å². The van der Waals surface area contributed by atoms with Crippen LogP contribution < -0.4 is 0 Å². The van der Waals surface area contributed by atoms with Crippen molar-refractivity contribution in [2.75, 3.05) is 13.2 Å². The Labute approximate surface area is 94.5 Å². The number of carbonyl (C=O) groups is 1. The van der Waals surface area contributed by atoms with Gasteiger partial charge in [0.1, 0.15) is 0 Å². The van der Waals surface area contributed by atoms with Gasteiger partial charge in [0.05, 0.1) is 6.61 Å². The van der Waals surface area contributed by atoms with Crippen LogP contribution in [-0.4, -0.2) is 26.1 Å². The molecule has 82 valence electrons. The van der Waals surface area contributed by atoms with Gasteiger partial charge in [-0.25, -0.2) is 4.79 Å². The lowest BCUT2D eigenvalue weighted by Gasteiger charge is -2.15. The molecule has 0 bridgehead atoms. The van der Waals surface area contributed by atoms with Crippen molar-refractivity contribution >= 4 is 35.1 Å². The molecule has 0 unspecified atom stereocenters. The molecular formula is C8H14Cl2O3Si. The average Bonchev–Trinajstić information content (AvgIpc) is 2.03. The summed E-state index contributed by atoms with van der Waals surface area (Å²) in [5, 5.41) is 0. The van der Waals surface area contributed by atoms with Crippen LogP contribution in [-0.2, 0) is 14.0 Å². The molecule has 0 aromatic rings. The van der Waals surface area contributed by atoms with Crippen LogP contribution in [0.5, 0.6) is 0 Å². The standard InChI is InChI=1S/C8H14Cl2O3Si/c1-4-13-14(9,10)6-5-12-8(11)7(2)3/h2,4-6H2,1,3H3. The first-order valence-electron chi connectivity index (χ1n) is 4.23. The number of carbonyl (C=O) groups excluding carboxylic acids is 1. The highest BCUT2D eigenvalue weighted by atomic mass is 35.7. The zero-order chi connectivity index (χ0) is 11.2.